The average molecular weight is 435 g/mol. The van der Waals surface area contributed by atoms with E-state index < -0.39 is 11.2 Å². The molecule has 31 heavy (non-hydrogen) atoms. The zero-order chi connectivity index (χ0) is 22.0. The number of aromatic nitrogens is 3. The minimum Gasteiger partial charge on any atom is -0.324 e. The Morgan fingerprint density at radius 2 is 1.84 bits per heavy atom. The molecular weight excluding hydrogens is 412 g/mol. The molecule has 1 amide bonds. The van der Waals surface area contributed by atoms with Crippen LogP contribution in [-0.2, 0) is 24.3 Å². The van der Waals surface area contributed by atoms with Gasteiger partial charge < -0.3 is 5.32 Å². The molecule has 0 saturated carbocycles. The van der Waals surface area contributed by atoms with Crippen molar-refractivity contribution in [1.82, 2.24) is 13.5 Å². The second kappa shape index (κ2) is 8.69. The maximum Gasteiger partial charge on any atom is 0.332 e. The largest absolute Gasteiger partial charge is 0.332 e. The molecule has 4 rings (SSSR count). The molecule has 0 aliphatic carbocycles. The third kappa shape index (κ3) is 4.06. The average Bonchev–Trinajstić information content (AvgIpc) is 3.26. The van der Waals surface area contributed by atoms with E-state index in [-0.39, 0.29) is 24.5 Å². The molecule has 2 aromatic heterocycles. The van der Waals surface area contributed by atoms with Gasteiger partial charge in [0.1, 0.15) is 6.54 Å². The van der Waals surface area contributed by atoms with E-state index in [1.165, 1.54) is 4.57 Å². The molecule has 158 valence electrons. The second-order valence-corrected chi connectivity index (χ2v) is 7.93. The Morgan fingerprint density at radius 1 is 1.06 bits per heavy atom. The highest BCUT2D eigenvalue weighted by Gasteiger charge is 2.18. The lowest BCUT2D eigenvalue weighted by molar-refractivity contribution is -0.116. The molecule has 0 atom stereocenters. The number of benzene rings is 2. The fourth-order valence-corrected chi connectivity index (χ4v) is 4.29. The summed E-state index contributed by atoms with van der Waals surface area (Å²) in [6.45, 7) is 3.86. The number of nitrogens with one attached hydrogen (secondary N) is 1. The van der Waals surface area contributed by atoms with Crippen molar-refractivity contribution in [3.63, 3.8) is 0 Å². The van der Waals surface area contributed by atoms with Gasteiger partial charge in [-0.1, -0.05) is 55.5 Å². The zero-order valence-electron chi connectivity index (χ0n) is 17.3. The van der Waals surface area contributed by atoms with Crippen LogP contribution in [0.3, 0.4) is 0 Å². The van der Waals surface area contributed by atoms with Crippen molar-refractivity contribution < 1.29 is 4.79 Å². The zero-order valence-corrected chi connectivity index (χ0v) is 18.1. The lowest BCUT2D eigenvalue weighted by atomic mass is 10.1. The molecule has 1 N–H and O–H groups in total. The minimum absolute atomic E-state index is 0.116. The number of aryl methyl sites for hydroxylation is 2. The quantitative estimate of drug-likeness (QED) is 0.505. The van der Waals surface area contributed by atoms with Gasteiger partial charge in [-0.3, -0.25) is 18.7 Å². The van der Waals surface area contributed by atoms with Crippen LogP contribution in [0.4, 0.5) is 5.69 Å². The van der Waals surface area contributed by atoms with E-state index >= 15 is 0 Å². The summed E-state index contributed by atoms with van der Waals surface area (Å²) in [7, 11) is 0. The number of hydrogen-bond donors (Lipinski definition) is 1. The molecule has 2 heterocycles. The van der Waals surface area contributed by atoms with Gasteiger partial charge in [0, 0.05) is 11.1 Å². The first-order valence-electron chi connectivity index (χ1n) is 9.99. The van der Waals surface area contributed by atoms with E-state index in [2.05, 4.69) is 9.69 Å². The van der Waals surface area contributed by atoms with E-state index in [1.54, 1.807) is 5.38 Å². The maximum atomic E-state index is 13.2. The molecule has 2 aromatic carbocycles. The van der Waals surface area contributed by atoms with E-state index in [9.17, 15) is 14.4 Å². The van der Waals surface area contributed by atoms with Crippen molar-refractivity contribution in [2.45, 2.75) is 33.4 Å². The van der Waals surface area contributed by atoms with Crippen LogP contribution in [0.5, 0.6) is 0 Å². The van der Waals surface area contributed by atoms with E-state index in [4.69, 9.17) is 0 Å². The summed E-state index contributed by atoms with van der Waals surface area (Å²) in [6, 6.07) is 15.1. The summed E-state index contributed by atoms with van der Waals surface area (Å²) in [5.74, 6) is -0.330. The molecule has 0 unspecified atom stereocenters. The Kier molecular flexibility index (Phi) is 5.81. The third-order valence-electron chi connectivity index (χ3n) is 5.24. The van der Waals surface area contributed by atoms with E-state index in [0.29, 0.717) is 5.52 Å². The van der Waals surface area contributed by atoms with Crippen molar-refractivity contribution in [1.29, 1.82) is 0 Å². The molecule has 0 bridgehead atoms. The van der Waals surface area contributed by atoms with Gasteiger partial charge in [-0.2, -0.15) is 4.37 Å². The topological polar surface area (TPSA) is 86.0 Å². The molecule has 0 aliphatic rings. The van der Waals surface area contributed by atoms with Gasteiger partial charge in [0.2, 0.25) is 5.91 Å². The third-order valence-corrected chi connectivity index (χ3v) is 5.86. The Morgan fingerprint density at radius 3 is 2.58 bits per heavy atom. The van der Waals surface area contributed by atoms with Gasteiger partial charge in [-0.25, -0.2) is 4.79 Å². The predicted molar refractivity (Wildman–Crippen MR) is 123 cm³/mol. The first-order valence-corrected chi connectivity index (χ1v) is 10.8. The first-order chi connectivity index (χ1) is 15.0. The summed E-state index contributed by atoms with van der Waals surface area (Å²) < 4.78 is 6.63. The van der Waals surface area contributed by atoms with Crippen LogP contribution in [0, 0.1) is 6.92 Å². The normalized spacial score (nSPS) is 11.0. The molecule has 0 spiro atoms. The van der Waals surface area contributed by atoms with Crippen LogP contribution in [0.25, 0.3) is 11.0 Å². The highest BCUT2D eigenvalue weighted by molar-refractivity contribution is 7.04. The number of anilines is 1. The Labute approximate surface area is 182 Å². The molecule has 7 nitrogen and oxygen atoms in total. The number of amides is 1. The van der Waals surface area contributed by atoms with Gasteiger partial charge in [0.15, 0.2) is 5.52 Å². The van der Waals surface area contributed by atoms with Crippen LogP contribution < -0.4 is 16.6 Å². The fraction of sp³-hybridized carbons (Fsp3) is 0.217. The number of rotatable bonds is 6. The molecule has 8 heteroatoms. The minimum atomic E-state index is -0.530. The molecule has 0 radical (unpaired) electrons. The highest BCUT2D eigenvalue weighted by Crippen LogP contribution is 2.21. The summed E-state index contributed by atoms with van der Waals surface area (Å²) in [5, 5.41) is 4.57. The Bertz CT molecular complexity index is 1370. The smallest absolute Gasteiger partial charge is 0.324 e. The van der Waals surface area contributed by atoms with Crippen LogP contribution in [0.15, 0.2) is 63.5 Å². The van der Waals surface area contributed by atoms with Crippen molar-refractivity contribution >= 4 is 34.2 Å². The number of carbonyl (C=O) groups is 1. The molecule has 0 fully saturated rings. The van der Waals surface area contributed by atoms with Crippen LogP contribution in [-0.4, -0.2) is 19.4 Å². The number of fused-ring (bicyclic) bond motifs is 1. The molecule has 4 aromatic rings. The second-order valence-electron chi connectivity index (χ2n) is 7.30. The van der Waals surface area contributed by atoms with Gasteiger partial charge in [-0.15, -0.1) is 0 Å². The number of carbonyl (C=O) groups excluding carboxylic acids is 1. The first kappa shape index (κ1) is 20.7. The Hall–Kier alpha value is -3.52. The van der Waals surface area contributed by atoms with Crippen LogP contribution in [0.1, 0.15) is 23.6 Å². The fourth-order valence-electron chi connectivity index (χ4n) is 3.62. The molecular formula is C23H22N4O3S. The van der Waals surface area contributed by atoms with Gasteiger partial charge >= 0.3 is 5.69 Å². The van der Waals surface area contributed by atoms with E-state index in [0.717, 1.165) is 44.9 Å². The van der Waals surface area contributed by atoms with Crippen molar-refractivity contribution in [3.8, 4) is 0 Å². The maximum absolute atomic E-state index is 13.2. The van der Waals surface area contributed by atoms with Crippen LogP contribution in [0.2, 0.25) is 0 Å². The monoisotopic (exact) mass is 434 g/mol. The lowest BCUT2D eigenvalue weighted by Gasteiger charge is -2.15. The predicted octanol–water partition coefficient (Wildman–Crippen LogP) is 3.18. The lowest BCUT2D eigenvalue weighted by Crippen LogP contribution is -2.42. The summed E-state index contributed by atoms with van der Waals surface area (Å²) in [6.07, 6.45) is 0.776. The Balaban J connectivity index is 1.73. The summed E-state index contributed by atoms with van der Waals surface area (Å²) >= 11 is 1.09. The number of hydrogen-bond acceptors (Lipinski definition) is 5. The van der Waals surface area contributed by atoms with Gasteiger partial charge in [0.25, 0.3) is 5.56 Å². The SMILES string of the molecule is CCc1cccc(C)c1NC(=O)Cn1c(=O)n(Cc2ccccc2)c(=O)c2nscc21. The van der Waals surface area contributed by atoms with Crippen molar-refractivity contribution in [3.05, 3.63) is 91.4 Å². The highest BCUT2D eigenvalue weighted by atomic mass is 32.1. The summed E-state index contributed by atoms with van der Waals surface area (Å²) in [4.78, 5) is 39.0. The van der Waals surface area contributed by atoms with Gasteiger partial charge in [-0.05, 0) is 41.6 Å². The van der Waals surface area contributed by atoms with Crippen molar-refractivity contribution in [2.75, 3.05) is 5.32 Å². The van der Waals surface area contributed by atoms with Crippen LogP contribution >= 0.6 is 11.5 Å². The molecule has 0 aliphatic heterocycles. The van der Waals surface area contributed by atoms with Crippen molar-refractivity contribution in [2.24, 2.45) is 0 Å². The number of nitrogens with zero attached hydrogens (tertiary/aromatic N) is 3. The number of para-hydroxylation sites is 1. The standard InChI is InChI=1S/C23H22N4O3S/c1-3-17-11-7-8-15(2)20(17)24-19(28)13-26-18-14-31-25-21(18)22(29)27(23(26)30)12-16-9-5-4-6-10-16/h4-11,14H,3,12-13H2,1-2H3,(H,24,28). The summed E-state index contributed by atoms with van der Waals surface area (Å²) in [5.41, 5.74) is 3.15. The molecule has 0 saturated heterocycles. The van der Waals surface area contributed by atoms with E-state index in [1.807, 2.05) is 62.4 Å². The van der Waals surface area contributed by atoms with Gasteiger partial charge in [0.05, 0.1) is 12.1 Å².